The number of halogens is 3. The van der Waals surface area contributed by atoms with Crippen molar-refractivity contribution in [2.75, 3.05) is 13.4 Å². The van der Waals surface area contributed by atoms with Crippen molar-refractivity contribution in [1.29, 1.82) is 0 Å². The monoisotopic (exact) mass is 435 g/mol. The molecule has 10 heteroatoms. The van der Waals surface area contributed by atoms with Crippen molar-refractivity contribution in [3.63, 3.8) is 0 Å². The summed E-state index contributed by atoms with van der Waals surface area (Å²) in [6, 6.07) is 8.06. The molecule has 1 aromatic carbocycles. The van der Waals surface area contributed by atoms with Gasteiger partial charge in [0.05, 0.1) is 7.11 Å². The maximum absolute atomic E-state index is 12.4. The van der Waals surface area contributed by atoms with Gasteiger partial charge in [0.15, 0.2) is 5.16 Å². The predicted molar refractivity (Wildman–Crippen MR) is 104 cm³/mol. The fourth-order valence-corrected chi connectivity index (χ4v) is 2.62. The number of benzene rings is 1. The first kappa shape index (κ1) is 20.9. The minimum atomic E-state index is -1.92. The Hall–Kier alpha value is -1.41. The maximum atomic E-state index is 12.4. The molecule has 0 saturated heterocycles. The lowest BCUT2D eigenvalue weighted by Crippen LogP contribution is -2.48. The van der Waals surface area contributed by atoms with E-state index in [1.165, 1.54) is 18.9 Å². The molecule has 0 fully saturated rings. The van der Waals surface area contributed by atoms with Crippen LogP contribution in [0.3, 0.4) is 0 Å². The SMILES string of the molecule is COc1ccc(C(=O)NC(Oc2cc(C)nc(SC)n2)C(Cl)(Cl)Cl)cc1. The van der Waals surface area contributed by atoms with Crippen LogP contribution < -0.4 is 14.8 Å². The summed E-state index contributed by atoms with van der Waals surface area (Å²) in [7, 11) is 1.54. The molecular formula is C16H16Cl3N3O3S. The van der Waals surface area contributed by atoms with Gasteiger partial charge in [0, 0.05) is 17.3 Å². The number of aromatic nitrogens is 2. The van der Waals surface area contributed by atoms with Crippen molar-refractivity contribution in [2.24, 2.45) is 0 Å². The second-order valence-electron chi connectivity index (χ2n) is 5.08. The number of hydrogen-bond donors (Lipinski definition) is 1. The van der Waals surface area contributed by atoms with Crippen molar-refractivity contribution < 1.29 is 14.3 Å². The molecule has 26 heavy (non-hydrogen) atoms. The van der Waals surface area contributed by atoms with Crippen LogP contribution in [-0.4, -0.2) is 39.3 Å². The molecule has 1 unspecified atom stereocenters. The Kier molecular flexibility index (Phi) is 7.23. The molecule has 1 atom stereocenters. The molecule has 0 bridgehead atoms. The quantitative estimate of drug-likeness (QED) is 0.319. The van der Waals surface area contributed by atoms with E-state index in [9.17, 15) is 4.79 Å². The number of aryl methyl sites for hydroxylation is 1. The van der Waals surface area contributed by atoms with Gasteiger partial charge < -0.3 is 14.8 Å². The van der Waals surface area contributed by atoms with Crippen LogP contribution in [-0.2, 0) is 0 Å². The summed E-state index contributed by atoms with van der Waals surface area (Å²) in [5.41, 5.74) is 1.04. The zero-order chi connectivity index (χ0) is 19.3. The van der Waals surface area contributed by atoms with Crippen LogP contribution in [0.25, 0.3) is 0 Å². The van der Waals surface area contributed by atoms with Gasteiger partial charge in [-0.2, -0.15) is 4.98 Å². The van der Waals surface area contributed by atoms with Gasteiger partial charge in [-0.15, -0.1) is 0 Å². The normalized spacial score (nSPS) is 12.4. The smallest absolute Gasteiger partial charge is 0.254 e. The molecular weight excluding hydrogens is 421 g/mol. The van der Waals surface area contributed by atoms with E-state index in [0.717, 1.165) is 0 Å². The van der Waals surface area contributed by atoms with Gasteiger partial charge in [0.2, 0.25) is 15.9 Å². The molecule has 1 aromatic heterocycles. The number of nitrogens with zero attached hydrogens (tertiary/aromatic N) is 2. The Labute approximate surface area is 170 Å². The average molecular weight is 437 g/mol. The summed E-state index contributed by atoms with van der Waals surface area (Å²) in [5.74, 6) is 0.338. The van der Waals surface area contributed by atoms with Gasteiger partial charge in [0.25, 0.3) is 5.91 Å². The number of rotatable bonds is 6. The van der Waals surface area contributed by atoms with Crippen LogP contribution in [0, 0.1) is 6.92 Å². The zero-order valence-corrected chi connectivity index (χ0v) is 17.2. The lowest BCUT2D eigenvalue weighted by atomic mass is 10.2. The van der Waals surface area contributed by atoms with Crippen LogP contribution in [0.2, 0.25) is 0 Å². The number of alkyl halides is 3. The minimum absolute atomic E-state index is 0.188. The molecule has 1 N–H and O–H groups in total. The molecule has 140 valence electrons. The Balaban J connectivity index is 2.19. The van der Waals surface area contributed by atoms with Gasteiger partial charge in [0.1, 0.15) is 5.75 Å². The Morgan fingerprint density at radius 3 is 2.42 bits per heavy atom. The van der Waals surface area contributed by atoms with E-state index in [2.05, 4.69) is 15.3 Å². The van der Waals surface area contributed by atoms with Gasteiger partial charge in [-0.3, -0.25) is 4.79 Å². The first-order chi connectivity index (χ1) is 12.2. The van der Waals surface area contributed by atoms with Gasteiger partial charge in [-0.05, 0) is 37.4 Å². The molecule has 6 nitrogen and oxygen atoms in total. The molecule has 0 aliphatic heterocycles. The Bertz CT molecular complexity index is 770. The number of thioether (sulfide) groups is 1. The lowest BCUT2D eigenvalue weighted by Gasteiger charge is -2.26. The summed E-state index contributed by atoms with van der Waals surface area (Å²) in [4.78, 5) is 20.9. The second-order valence-corrected chi connectivity index (χ2v) is 8.22. The highest BCUT2D eigenvalue weighted by molar-refractivity contribution is 7.98. The van der Waals surface area contributed by atoms with E-state index < -0.39 is 15.9 Å². The topological polar surface area (TPSA) is 73.3 Å². The van der Waals surface area contributed by atoms with Crippen LogP contribution in [0.5, 0.6) is 11.6 Å². The molecule has 0 spiro atoms. The first-order valence-electron chi connectivity index (χ1n) is 7.31. The summed E-state index contributed by atoms with van der Waals surface area (Å²) < 4.78 is 8.77. The van der Waals surface area contributed by atoms with E-state index >= 15 is 0 Å². The van der Waals surface area contributed by atoms with Crippen molar-refractivity contribution >= 4 is 52.5 Å². The number of amides is 1. The molecule has 2 rings (SSSR count). The van der Waals surface area contributed by atoms with Gasteiger partial charge in [-0.25, -0.2) is 4.98 Å². The van der Waals surface area contributed by atoms with E-state index in [4.69, 9.17) is 44.3 Å². The Morgan fingerprint density at radius 2 is 1.88 bits per heavy atom. The third kappa shape index (κ3) is 5.81. The van der Waals surface area contributed by atoms with Gasteiger partial charge in [-0.1, -0.05) is 46.6 Å². The minimum Gasteiger partial charge on any atom is -0.497 e. The standard InChI is InChI=1S/C16H16Cl3N3O3S/c1-9-8-12(21-15(20-9)26-3)25-14(16(17,18)19)22-13(23)10-4-6-11(24-2)7-5-10/h4-8,14H,1-3H3,(H,22,23). The number of carbonyl (C=O) groups is 1. The highest BCUT2D eigenvalue weighted by Crippen LogP contribution is 2.32. The van der Waals surface area contributed by atoms with Crippen molar-refractivity contribution in [3.8, 4) is 11.6 Å². The van der Waals surface area contributed by atoms with Crippen molar-refractivity contribution in [3.05, 3.63) is 41.6 Å². The van der Waals surface area contributed by atoms with Crippen molar-refractivity contribution in [2.45, 2.75) is 22.1 Å². The summed E-state index contributed by atoms with van der Waals surface area (Å²) in [5, 5.41) is 3.06. The summed E-state index contributed by atoms with van der Waals surface area (Å²) in [6.45, 7) is 1.79. The van der Waals surface area contributed by atoms with E-state index in [0.29, 0.717) is 22.2 Å². The van der Waals surface area contributed by atoms with Crippen LogP contribution >= 0.6 is 46.6 Å². The number of methoxy groups -OCH3 is 1. The average Bonchev–Trinajstić information content (AvgIpc) is 2.59. The maximum Gasteiger partial charge on any atom is 0.254 e. The summed E-state index contributed by atoms with van der Waals surface area (Å²) in [6.07, 6.45) is 0.572. The third-order valence-corrected chi connectivity index (χ3v) is 4.29. The number of hydrogen-bond acceptors (Lipinski definition) is 6. The zero-order valence-electron chi connectivity index (χ0n) is 14.1. The van der Waals surface area contributed by atoms with E-state index in [-0.39, 0.29) is 5.88 Å². The summed E-state index contributed by atoms with van der Waals surface area (Å²) >= 11 is 19.2. The number of ether oxygens (including phenoxy) is 2. The van der Waals surface area contributed by atoms with E-state index in [1.54, 1.807) is 37.3 Å². The van der Waals surface area contributed by atoms with Crippen molar-refractivity contribution in [1.82, 2.24) is 15.3 Å². The second kappa shape index (κ2) is 8.99. The lowest BCUT2D eigenvalue weighted by molar-refractivity contribution is 0.0824. The highest BCUT2D eigenvalue weighted by Gasteiger charge is 2.37. The van der Waals surface area contributed by atoms with E-state index in [1.807, 2.05) is 6.26 Å². The largest absolute Gasteiger partial charge is 0.497 e. The molecule has 0 saturated carbocycles. The molecule has 0 aliphatic rings. The van der Waals surface area contributed by atoms with Crippen LogP contribution in [0.1, 0.15) is 16.1 Å². The third-order valence-electron chi connectivity index (χ3n) is 3.14. The fourth-order valence-electron chi connectivity index (χ4n) is 1.91. The molecule has 0 radical (unpaired) electrons. The fraction of sp³-hybridized carbons (Fsp3) is 0.312. The van der Waals surface area contributed by atoms with Gasteiger partial charge >= 0.3 is 0 Å². The number of nitrogens with one attached hydrogen (secondary N) is 1. The number of carbonyl (C=O) groups excluding carboxylic acids is 1. The highest BCUT2D eigenvalue weighted by atomic mass is 35.6. The Morgan fingerprint density at radius 1 is 1.23 bits per heavy atom. The molecule has 2 aromatic rings. The first-order valence-corrected chi connectivity index (χ1v) is 9.66. The molecule has 1 amide bonds. The predicted octanol–water partition coefficient (Wildman–Crippen LogP) is 4.02. The van der Waals surface area contributed by atoms with Crippen LogP contribution in [0.15, 0.2) is 35.5 Å². The molecule has 1 heterocycles. The molecule has 0 aliphatic carbocycles. The van der Waals surface area contributed by atoms with Crippen LogP contribution in [0.4, 0.5) is 0 Å².